The van der Waals surface area contributed by atoms with Gasteiger partial charge < -0.3 is 10.2 Å². The number of amides is 1. The Labute approximate surface area is 160 Å². The van der Waals surface area contributed by atoms with Gasteiger partial charge in [-0.3, -0.25) is 4.79 Å². The van der Waals surface area contributed by atoms with Gasteiger partial charge >= 0.3 is 0 Å². The summed E-state index contributed by atoms with van der Waals surface area (Å²) in [6.07, 6.45) is 0. The molecule has 0 aromatic heterocycles. The Balaban J connectivity index is 1.70. The summed E-state index contributed by atoms with van der Waals surface area (Å²) in [4.78, 5) is 14.7. The van der Waals surface area contributed by atoms with Crippen molar-refractivity contribution in [3.8, 4) is 0 Å². The standard InChI is InChI=1S/C20H25N3O3S/c1-16-6-8-17(9-7-16)15-21-20(24)18-4-3-5-19(14-18)27(25,26)23-12-10-22(2)11-13-23/h3-9,14H,10-13,15H2,1-2H3,(H,21,24). The summed E-state index contributed by atoms with van der Waals surface area (Å²) in [6, 6.07) is 14.2. The molecule has 144 valence electrons. The van der Waals surface area contributed by atoms with Gasteiger partial charge in [-0.1, -0.05) is 35.9 Å². The summed E-state index contributed by atoms with van der Waals surface area (Å²) in [7, 11) is -1.61. The SMILES string of the molecule is Cc1ccc(CNC(=O)c2cccc(S(=O)(=O)N3CCN(C)CC3)c2)cc1. The summed E-state index contributed by atoms with van der Waals surface area (Å²) in [5.41, 5.74) is 2.50. The minimum Gasteiger partial charge on any atom is -0.348 e. The minimum atomic E-state index is -3.59. The van der Waals surface area contributed by atoms with Crippen LogP contribution in [0.5, 0.6) is 0 Å². The number of nitrogens with one attached hydrogen (secondary N) is 1. The van der Waals surface area contributed by atoms with Gasteiger partial charge in [-0.05, 0) is 37.7 Å². The average Bonchev–Trinajstić information content (AvgIpc) is 2.68. The Bertz CT molecular complexity index is 902. The third-order valence-electron chi connectivity index (χ3n) is 4.77. The number of rotatable bonds is 5. The smallest absolute Gasteiger partial charge is 0.251 e. The second-order valence-electron chi connectivity index (χ2n) is 6.90. The van der Waals surface area contributed by atoms with Crippen LogP contribution in [0.4, 0.5) is 0 Å². The van der Waals surface area contributed by atoms with Crippen LogP contribution in [0.15, 0.2) is 53.4 Å². The number of likely N-dealkylation sites (N-methyl/N-ethyl adjacent to an activating group) is 1. The molecule has 0 saturated carbocycles. The van der Waals surface area contributed by atoms with Crippen LogP contribution in [-0.2, 0) is 16.6 Å². The lowest BCUT2D eigenvalue weighted by Crippen LogP contribution is -2.47. The summed E-state index contributed by atoms with van der Waals surface area (Å²) < 4.78 is 27.2. The van der Waals surface area contributed by atoms with E-state index in [1.807, 2.05) is 38.2 Å². The number of aryl methyl sites for hydroxylation is 1. The molecule has 0 unspecified atom stereocenters. The van der Waals surface area contributed by atoms with Gasteiger partial charge in [0.25, 0.3) is 5.91 Å². The van der Waals surface area contributed by atoms with Crippen LogP contribution < -0.4 is 5.32 Å². The molecule has 0 bridgehead atoms. The van der Waals surface area contributed by atoms with Crippen molar-refractivity contribution in [1.82, 2.24) is 14.5 Å². The lowest BCUT2D eigenvalue weighted by Gasteiger charge is -2.31. The average molecular weight is 388 g/mol. The number of hydrogen-bond donors (Lipinski definition) is 1. The van der Waals surface area contributed by atoms with Crippen molar-refractivity contribution in [2.24, 2.45) is 0 Å². The molecule has 7 heteroatoms. The van der Waals surface area contributed by atoms with Crippen LogP contribution in [0, 0.1) is 6.92 Å². The molecule has 1 amide bonds. The number of benzene rings is 2. The Morgan fingerprint density at radius 2 is 1.70 bits per heavy atom. The summed E-state index contributed by atoms with van der Waals surface area (Å²) in [5.74, 6) is -0.286. The van der Waals surface area contributed by atoms with Crippen LogP contribution in [-0.4, -0.2) is 56.8 Å². The molecule has 1 heterocycles. The summed E-state index contributed by atoms with van der Waals surface area (Å²) in [6.45, 7) is 4.74. The van der Waals surface area contributed by atoms with E-state index in [0.717, 1.165) is 11.1 Å². The minimum absolute atomic E-state index is 0.162. The number of nitrogens with zero attached hydrogens (tertiary/aromatic N) is 2. The molecule has 2 aromatic rings. The third-order valence-corrected chi connectivity index (χ3v) is 6.66. The molecule has 1 saturated heterocycles. The van der Waals surface area contributed by atoms with E-state index in [-0.39, 0.29) is 10.8 Å². The Morgan fingerprint density at radius 3 is 2.37 bits per heavy atom. The zero-order valence-corrected chi connectivity index (χ0v) is 16.5. The fraction of sp³-hybridized carbons (Fsp3) is 0.350. The van der Waals surface area contributed by atoms with Crippen molar-refractivity contribution in [3.05, 3.63) is 65.2 Å². The zero-order valence-electron chi connectivity index (χ0n) is 15.7. The first-order chi connectivity index (χ1) is 12.9. The third kappa shape index (κ3) is 4.74. The van der Waals surface area contributed by atoms with Crippen LogP contribution in [0.1, 0.15) is 21.5 Å². The topological polar surface area (TPSA) is 69.7 Å². The highest BCUT2D eigenvalue weighted by atomic mass is 32.2. The molecule has 1 aliphatic heterocycles. The van der Waals surface area contributed by atoms with E-state index in [0.29, 0.717) is 38.3 Å². The van der Waals surface area contributed by atoms with Crippen LogP contribution in [0.25, 0.3) is 0 Å². The maximum atomic E-state index is 12.9. The van der Waals surface area contributed by atoms with Crippen molar-refractivity contribution in [2.75, 3.05) is 33.2 Å². The number of piperazine rings is 1. The lowest BCUT2D eigenvalue weighted by molar-refractivity contribution is 0.0950. The maximum absolute atomic E-state index is 12.9. The van der Waals surface area contributed by atoms with Crippen LogP contribution in [0.2, 0.25) is 0 Å². The van der Waals surface area contributed by atoms with Crippen LogP contribution in [0.3, 0.4) is 0 Å². The molecule has 2 aromatic carbocycles. The van der Waals surface area contributed by atoms with Gasteiger partial charge in [0.1, 0.15) is 0 Å². The lowest BCUT2D eigenvalue weighted by atomic mass is 10.1. The van der Waals surface area contributed by atoms with E-state index in [1.54, 1.807) is 18.2 Å². The second kappa shape index (κ2) is 8.21. The molecule has 0 radical (unpaired) electrons. The molecule has 1 fully saturated rings. The van der Waals surface area contributed by atoms with E-state index in [9.17, 15) is 13.2 Å². The van der Waals surface area contributed by atoms with Crippen molar-refractivity contribution in [3.63, 3.8) is 0 Å². The van der Waals surface area contributed by atoms with E-state index in [1.165, 1.54) is 10.4 Å². The number of carbonyl (C=O) groups excluding carboxylic acids is 1. The first kappa shape index (κ1) is 19.5. The molecule has 0 atom stereocenters. The molecular formula is C20H25N3O3S. The maximum Gasteiger partial charge on any atom is 0.251 e. The second-order valence-corrected chi connectivity index (χ2v) is 8.84. The monoisotopic (exact) mass is 387 g/mol. The zero-order chi connectivity index (χ0) is 19.4. The Kier molecular flexibility index (Phi) is 5.94. The van der Waals surface area contributed by atoms with Crippen molar-refractivity contribution >= 4 is 15.9 Å². The molecule has 27 heavy (non-hydrogen) atoms. The Morgan fingerprint density at radius 1 is 1.04 bits per heavy atom. The predicted octanol–water partition coefficient (Wildman–Crippen LogP) is 1.86. The van der Waals surface area contributed by atoms with E-state index >= 15 is 0 Å². The van der Waals surface area contributed by atoms with Gasteiger partial charge in [0, 0.05) is 38.3 Å². The molecular weight excluding hydrogens is 362 g/mol. The molecule has 0 aliphatic carbocycles. The molecule has 3 rings (SSSR count). The van der Waals surface area contributed by atoms with E-state index in [4.69, 9.17) is 0 Å². The first-order valence-corrected chi connectivity index (χ1v) is 10.4. The van der Waals surface area contributed by atoms with Crippen molar-refractivity contribution in [2.45, 2.75) is 18.4 Å². The number of sulfonamides is 1. The van der Waals surface area contributed by atoms with Crippen molar-refractivity contribution < 1.29 is 13.2 Å². The highest BCUT2D eigenvalue weighted by Crippen LogP contribution is 2.18. The van der Waals surface area contributed by atoms with Gasteiger partial charge in [0.05, 0.1) is 4.90 Å². The van der Waals surface area contributed by atoms with Gasteiger partial charge in [0.15, 0.2) is 0 Å². The molecule has 0 spiro atoms. The van der Waals surface area contributed by atoms with Gasteiger partial charge in [-0.2, -0.15) is 4.31 Å². The highest BCUT2D eigenvalue weighted by Gasteiger charge is 2.27. The quantitative estimate of drug-likeness (QED) is 0.850. The van der Waals surface area contributed by atoms with Crippen molar-refractivity contribution in [1.29, 1.82) is 0 Å². The predicted molar refractivity (Wildman–Crippen MR) is 105 cm³/mol. The fourth-order valence-corrected chi connectivity index (χ4v) is 4.43. The number of carbonyl (C=O) groups is 1. The first-order valence-electron chi connectivity index (χ1n) is 8.99. The van der Waals surface area contributed by atoms with Crippen LogP contribution >= 0.6 is 0 Å². The number of hydrogen-bond acceptors (Lipinski definition) is 4. The molecule has 6 nitrogen and oxygen atoms in total. The summed E-state index contributed by atoms with van der Waals surface area (Å²) >= 11 is 0. The van der Waals surface area contributed by atoms with E-state index in [2.05, 4.69) is 10.2 Å². The fourth-order valence-electron chi connectivity index (χ4n) is 2.97. The molecule has 1 aliphatic rings. The largest absolute Gasteiger partial charge is 0.348 e. The van der Waals surface area contributed by atoms with E-state index < -0.39 is 10.0 Å². The molecule has 1 N–H and O–H groups in total. The van der Waals surface area contributed by atoms with Gasteiger partial charge in [0.2, 0.25) is 10.0 Å². The van der Waals surface area contributed by atoms with Gasteiger partial charge in [-0.25, -0.2) is 8.42 Å². The highest BCUT2D eigenvalue weighted by molar-refractivity contribution is 7.89. The Hall–Kier alpha value is -2.22. The van der Waals surface area contributed by atoms with Gasteiger partial charge in [-0.15, -0.1) is 0 Å². The summed E-state index contributed by atoms with van der Waals surface area (Å²) in [5, 5.41) is 2.84. The normalized spacial score (nSPS) is 16.2.